The van der Waals surface area contributed by atoms with E-state index in [1.165, 1.54) is 11.6 Å². The summed E-state index contributed by atoms with van der Waals surface area (Å²) in [6.45, 7) is 0.736. The van der Waals surface area contributed by atoms with Crippen molar-refractivity contribution in [1.29, 1.82) is 0 Å². The van der Waals surface area contributed by atoms with Gasteiger partial charge in [-0.15, -0.1) is 0 Å². The van der Waals surface area contributed by atoms with Crippen molar-refractivity contribution in [2.24, 2.45) is 0 Å². The van der Waals surface area contributed by atoms with E-state index in [1.54, 1.807) is 18.7 Å². The van der Waals surface area contributed by atoms with E-state index in [0.29, 0.717) is 0 Å². The monoisotopic (exact) mass is 379 g/mol. The van der Waals surface area contributed by atoms with Crippen molar-refractivity contribution in [3.05, 3.63) is 72.1 Å². The third-order valence-electron chi connectivity index (χ3n) is 4.73. The molecule has 0 saturated heterocycles. The third-order valence-corrected chi connectivity index (χ3v) is 4.73. The maximum absolute atomic E-state index is 11.2. The molecule has 146 valence electrons. The molecule has 1 aromatic heterocycles. The molecule has 1 unspecified atom stereocenters. The van der Waals surface area contributed by atoms with Gasteiger partial charge in [0.05, 0.1) is 17.4 Å². The molecule has 6 nitrogen and oxygen atoms in total. The van der Waals surface area contributed by atoms with Gasteiger partial charge < -0.3 is 9.30 Å². The quantitative estimate of drug-likeness (QED) is 0.257. The van der Waals surface area contributed by atoms with Crippen LogP contribution in [0.4, 0.5) is 0 Å². The summed E-state index contributed by atoms with van der Waals surface area (Å²) in [6.07, 6.45) is 7.70. The molecule has 3 aromatic rings. The molecular formula is C22H25N3O3. The number of hydrogen-bond acceptors (Lipinski definition) is 4. The second-order valence-corrected chi connectivity index (χ2v) is 6.69. The lowest BCUT2D eigenvalue weighted by atomic mass is 10.0. The fourth-order valence-electron chi connectivity index (χ4n) is 3.34. The largest absolute Gasteiger partial charge is 0.385 e. The van der Waals surface area contributed by atoms with Gasteiger partial charge in [-0.1, -0.05) is 36.4 Å². The number of nitrogens with zero attached hydrogens (tertiary/aromatic N) is 2. The number of carbonyl (C=O) groups is 1. The molecule has 0 aliphatic rings. The summed E-state index contributed by atoms with van der Waals surface area (Å²) < 4.78 is 7.46. The average molecular weight is 379 g/mol. The minimum atomic E-state index is -0.563. The second-order valence-electron chi connectivity index (χ2n) is 6.69. The van der Waals surface area contributed by atoms with Crippen LogP contribution >= 0.6 is 0 Å². The van der Waals surface area contributed by atoms with Crippen LogP contribution < -0.4 is 5.48 Å². The zero-order valence-corrected chi connectivity index (χ0v) is 15.9. The van der Waals surface area contributed by atoms with E-state index in [0.717, 1.165) is 42.5 Å². The lowest BCUT2D eigenvalue weighted by Gasteiger charge is -2.20. The molecule has 2 N–H and O–H groups in total. The van der Waals surface area contributed by atoms with E-state index in [2.05, 4.69) is 33.8 Å². The third kappa shape index (κ3) is 5.06. The van der Waals surface area contributed by atoms with Crippen molar-refractivity contribution >= 4 is 23.0 Å². The highest BCUT2D eigenvalue weighted by molar-refractivity contribution is 5.91. The predicted octanol–water partition coefficient (Wildman–Crippen LogP) is 3.77. The van der Waals surface area contributed by atoms with Crippen LogP contribution in [0.5, 0.6) is 0 Å². The van der Waals surface area contributed by atoms with Crippen LogP contribution in [-0.4, -0.2) is 34.4 Å². The van der Waals surface area contributed by atoms with Crippen molar-refractivity contribution in [2.75, 3.05) is 13.7 Å². The topological polar surface area (TPSA) is 76.4 Å². The fraction of sp³-hybridized carbons (Fsp3) is 0.273. The molecule has 0 saturated carbocycles. The van der Waals surface area contributed by atoms with E-state index in [9.17, 15) is 4.79 Å². The molecule has 1 amide bonds. The summed E-state index contributed by atoms with van der Waals surface area (Å²) in [4.78, 5) is 15.7. The molecule has 6 heteroatoms. The van der Waals surface area contributed by atoms with Gasteiger partial charge in [-0.3, -0.25) is 10.0 Å². The van der Waals surface area contributed by atoms with Gasteiger partial charge in [0.15, 0.2) is 0 Å². The van der Waals surface area contributed by atoms with Gasteiger partial charge in [0.2, 0.25) is 0 Å². The zero-order chi connectivity index (χ0) is 19.8. The Bertz CT molecular complexity index is 935. The molecule has 0 aliphatic heterocycles. The summed E-state index contributed by atoms with van der Waals surface area (Å²) in [5, 5.41) is 8.58. The van der Waals surface area contributed by atoms with E-state index in [1.807, 2.05) is 30.6 Å². The van der Waals surface area contributed by atoms with Gasteiger partial charge in [-0.25, -0.2) is 10.5 Å². The molecule has 1 atom stereocenters. The molecule has 0 bridgehead atoms. The molecule has 3 rings (SSSR count). The van der Waals surface area contributed by atoms with E-state index < -0.39 is 5.91 Å². The Morgan fingerprint density at radius 3 is 2.86 bits per heavy atom. The highest BCUT2D eigenvalue weighted by atomic mass is 16.5. The number of fused-ring (bicyclic) bond motifs is 1. The standard InChI is InChI=1S/C22H25N3O3/c1-28-13-5-8-19(14-17-6-3-2-4-7-17)25-16-23-20-15-18(9-11-21(20)25)10-12-22(26)24-27/h2-4,6-7,9-12,15-16,19,27H,5,8,13-14H2,1H3,(H,24,26). The Morgan fingerprint density at radius 2 is 2.11 bits per heavy atom. The van der Waals surface area contributed by atoms with Crippen LogP contribution in [0, 0.1) is 0 Å². The number of imidazole rings is 1. The van der Waals surface area contributed by atoms with Crippen LogP contribution in [0.1, 0.15) is 30.0 Å². The van der Waals surface area contributed by atoms with Crippen molar-refractivity contribution in [3.8, 4) is 0 Å². The number of aromatic nitrogens is 2. The Kier molecular flexibility index (Phi) is 6.94. The number of nitrogens with one attached hydrogen (secondary N) is 1. The first-order valence-electron chi connectivity index (χ1n) is 9.33. The molecule has 0 spiro atoms. The second kappa shape index (κ2) is 9.82. The van der Waals surface area contributed by atoms with Gasteiger partial charge in [0.1, 0.15) is 0 Å². The van der Waals surface area contributed by atoms with Crippen molar-refractivity contribution < 1.29 is 14.7 Å². The number of ether oxygens (including phenoxy) is 1. The van der Waals surface area contributed by atoms with Crippen LogP contribution in [0.25, 0.3) is 17.1 Å². The highest BCUT2D eigenvalue weighted by Gasteiger charge is 2.15. The number of hydroxylamine groups is 1. The Balaban J connectivity index is 1.86. The lowest BCUT2D eigenvalue weighted by Crippen LogP contribution is -2.14. The van der Waals surface area contributed by atoms with E-state index >= 15 is 0 Å². The molecule has 0 aliphatic carbocycles. The summed E-state index contributed by atoms with van der Waals surface area (Å²) >= 11 is 0. The molecule has 1 heterocycles. The Labute approximate surface area is 164 Å². The SMILES string of the molecule is COCCCC(Cc1ccccc1)n1cnc2cc(C=CC(=O)NO)ccc21. The molecule has 28 heavy (non-hydrogen) atoms. The number of carbonyl (C=O) groups excluding carboxylic acids is 1. The maximum Gasteiger partial charge on any atom is 0.267 e. The summed E-state index contributed by atoms with van der Waals surface area (Å²) in [5.41, 5.74) is 5.65. The van der Waals surface area contributed by atoms with Crippen LogP contribution in [0.3, 0.4) is 0 Å². The molecule has 2 aromatic carbocycles. The van der Waals surface area contributed by atoms with E-state index in [4.69, 9.17) is 9.94 Å². The van der Waals surface area contributed by atoms with Crippen molar-refractivity contribution in [2.45, 2.75) is 25.3 Å². The number of hydrogen-bond donors (Lipinski definition) is 2. The van der Waals surface area contributed by atoms with Gasteiger partial charge in [-0.05, 0) is 48.6 Å². The maximum atomic E-state index is 11.2. The predicted molar refractivity (Wildman–Crippen MR) is 109 cm³/mol. The van der Waals surface area contributed by atoms with Gasteiger partial charge in [0.25, 0.3) is 5.91 Å². The first-order valence-corrected chi connectivity index (χ1v) is 9.33. The summed E-state index contributed by atoms with van der Waals surface area (Å²) in [6, 6.07) is 16.6. The van der Waals surface area contributed by atoms with Crippen molar-refractivity contribution in [3.63, 3.8) is 0 Å². The van der Waals surface area contributed by atoms with Gasteiger partial charge >= 0.3 is 0 Å². The fourth-order valence-corrected chi connectivity index (χ4v) is 3.34. The average Bonchev–Trinajstić information content (AvgIpc) is 3.15. The number of benzene rings is 2. The normalized spacial score (nSPS) is 12.5. The number of rotatable bonds is 9. The number of amides is 1. The van der Waals surface area contributed by atoms with Crippen LogP contribution in [-0.2, 0) is 16.0 Å². The summed E-state index contributed by atoms with van der Waals surface area (Å²) in [5.74, 6) is -0.563. The highest BCUT2D eigenvalue weighted by Crippen LogP contribution is 2.26. The van der Waals surface area contributed by atoms with Crippen molar-refractivity contribution in [1.82, 2.24) is 15.0 Å². The molecule has 0 fully saturated rings. The smallest absolute Gasteiger partial charge is 0.267 e. The van der Waals surface area contributed by atoms with Crippen LogP contribution in [0.2, 0.25) is 0 Å². The lowest BCUT2D eigenvalue weighted by molar-refractivity contribution is -0.124. The Morgan fingerprint density at radius 1 is 1.29 bits per heavy atom. The first kappa shape index (κ1) is 19.8. The van der Waals surface area contributed by atoms with E-state index in [-0.39, 0.29) is 6.04 Å². The first-order chi connectivity index (χ1) is 13.7. The minimum absolute atomic E-state index is 0.282. The number of methoxy groups -OCH3 is 1. The summed E-state index contributed by atoms with van der Waals surface area (Å²) in [7, 11) is 1.73. The molecule has 0 radical (unpaired) electrons. The van der Waals surface area contributed by atoms with Gasteiger partial charge in [-0.2, -0.15) is 0 Å². The van der Waals surface area contributed by atoms with Gasteiger partial charge in [0, 0.05) is 25.8 Å². The Hall–Kier alpha value is -2.96. The van der Waals surface area contributed by atoms with Crippen LogP contribution in [0.15, 0.2) is 60.9 Å². The molecular weight excluding hydrogens is 354 g/mol. The zero-order valence-electron chi connectivity index (χ0n) is 15.9. The minimum Gasteiger partial charge on any atom is -0.385 e.